The van der Waals surface area contributed by atoms with E-state index in [1.807, 2.05) is 31.2 Å². The molecule has 0 bridgehead atoms. The van der Waals surface area contributed by atoms with Crippen molar-refractivity contribution in [3.63, 3.8) is 0 Å². The van der Waals surface area contributed by atoms with E-state index in [1.54, 1.807) is 0 Å². The molecule has 1 fully saturated rings. The van der Waals surface area contributed by atoms with E-state index in [2.05, 4.69) is 5.32 Å². The van der Waals surface area contributed by atoms with Crippen LogP contribution in [0.1, 0.15) is 18.4 Å². The maximum absolute atomic E-state index is 12.0. The Balaban J connectivity index is 1.99. The number of hydrogen-bond donors (Lipinski definition) is 1. The Kier molecular flexibility index (Phi) is 3.57. The minimum Gasteiger partial charge on any atom is -0.381 e. The van der Waals surface area contributed by atoms with Crippen LogP contribution < -0.4 is 5.32 Å². The predicted octanol–water partition coefficient (Wildman–Crippen LogP) is 2.36. The van der Waals surface area contributed by atoms with Crippen molar-refractivity contribution in [2.45, 2.75) is 19.8 Å². The highest BCUT2D eigenvalue weighted by molar-refractivity contribution is 5.93. The molecule has 0 saturated carbocycles. The van der Waals surface area contributed by atoms with E-state index in [-0.39, 0.29) is 11.8 Å². The molecule has 0 spiro atoms. The third-order valence-electron chi connectivity index (χ3n) is 3.00. The topological polar surface area (TPSA) is 38.3 Å². The average molecular weight is 219 g/mol. The van der Waals surface area contributed by atoms with Crippen LogP contribution in [0.15, 0.2) is 24.3 Å². The van der Waals surface area contributed by atoms with Crippen LogP contribution in [-0.2, 0) is 9.53 Å². The fourth-order valence-electron chi connectivity index (χ4n) is 1.91. The largest absolute Gasteiger partial charge is 0.381 e. The van der Waals surface area contributed by atoms with E-state index >= 15 is 0 Å². The van der Waals surface area contributed by atoms with Gasteiger partial charge in [0.1, 0.15) is 0 Å². The van der Waals surface area contributed by atoms with E-state index in [1.165, 1.54) is 0 Å². The Morgan fingerprint density at radius 1 is 1.31 bits per heavy atom. The molecule has 16 heavy (non-hydrogen) atoms. The minimum atomic E-state index is 0.105. The fourth-order valence-corrected chi connectivity index (χ4v) is 1.91. The Morgan fingerprint density at radius 3 is 2.69 bits per heavy atom. The second kappa shape index (κ2) is 5.12. The first-order valence-electron chi connectivity index (χ1n) is 5.71. The molecule has 0 aliphatic carbocycles. The van der Waals surface area contributed by atoms with Gasteiger partial charge in [-0.3, -0.25) is 4.79 Å². The number of para-hydroxylation sites is 1. The number of carbonyl (C=O) groups is 1. The van der Waals surface area contributed by atoms with Gasteiger partial charge in [-0.25, -0.2) is 0 Å². The molecule has 1 aromatic rings. The number of nitrogens with one attached hydrogen (secondary N) is 1. The van der Waals surface area contributed by atoms with Crippen molar-refractivity contribution in [3.8, 4) is 0 Å². The molecule has 0 atom stereocenters. The van der Waals surface area contributed by atoms with E-state index in [4.69, 9.17) is 4.74 Å². The van der Waals surface area contributed by atoms with Gasteiger partial charge < -0.3 is 10.1 Å². The number of benzene rings is 1. The Hall–Kier alpha value is -1.35. The molecule has 1 aliphatic heterocycles. The monoisotopic (exact) mass is 219 g/mol. The summed E-state index contributed by atoms with van der Waals surface area (Å²) in [7, 11) is 0. The first-order chi connectivity index (χ1) is 7.77. The van der Waals surface area contributed by atoms with Gasteiger partial charge in [0.2, 0.25) is 5.91 Å². The van der Waals surface area contributed by atoms with Gasteiger partial charge in [-0.15, -0.1) is 0 Å². The maximum Gasteiger partial charge on any atom is 0.227 e. The third-order valence-corrected chi connectivity index (χ3v) is 3.00. The molecule has 0 aromatic heterocycles. The molecule has 3 nitrogen and oxygen atoms in total. The summed E-state index contributed by atoms with van der Waals surface area (Å²) >= 11 is 0. The van der Waals surface area contributed by atoms with Gasteiger partial charge in [-0.2, -0.15) is 0 Å². The quantitative estimate of drug-likeness (QED) is 0.829. The summed E-state index contributed by atoms with van der Waals surface area (Å²) in [4.78, 5) is 12.0. The van der Waals surface area contributed by atoms with Crippen molar-refractivity contribution in [3.05, 3.63) is 29.8 Å². The number of amides is 1. The van der Waals surface area contributed by atoms with Crippen molar-refractivity contribution in [1.82, 2.24) is 0 Å². The molecule has 1 aliphatic rings. The van der Waals surface area contributed by atoms with E-state index in [0.717, 1.165) is 24.1 Å². The molecule has 3 heteroatoms. The lowest BCUT2D eigenvalue weighted by Crippen LogP contribution is -2.28. The summed E-state index contributed by atoms with van der Waals surface area (Å²) in [5.74, 6) is 0.228. The van der Waals surface area contributed by atoms with Gasteiger partial charge in [0.25, 0.3) is 0 Å². The second-order valence-corrected chi connectivity index (χ2v) is 4.19. The highest BCUT2D eigenvalue weighted by Gasteiger charge is 2.21. The smallest absolute Gasteiger partial charge is 0.227 e. The van der Waals surface area contributed by atoms with Crippen LogP contribution in [0, 0.1) is 12.8 Å². The SMILES string of the molecule is Cc1ccccc1NC(=O)C1CCOCC1. The molecule has 1 amide bonds. The number of ether oxygens (including phenoxy) is 1. The van der Waals surface area contributed by atoms with Crippen LogP contribution in [0.2, 0.25) is 0 Å². The zero-order valence-corrected chi connectivity index (χ0v) is 9.53. The molecule has 1 N–H and O–H groups in total. The second-order valence-electron chi connectivity index (χ2n) is 4.19. The summed E-state index contributed by atoms with van der Waals surface area (Å²) in [6.45, 7) is 3.40. The standard InChI is InChI=1S/C13H17NO2/c1-10-4-2-3-5-12(10)14-13(15)11-6-8-16-9-7-11/h2-5,11H,6-9H2,1H3,(H,14,15). The first-order valence-corrected chi connectivity index (χ1v) is 5.71. The lowest BCUT2D eigenvalue weighted by Gasteiger charge is -2.21. The number of rotatable bonds is 2. The predicted molar refractivity (Wildman–Crippen MR) is 63.4 cm³/mol. The average Bonchev–Trinajstić information content (AvgIpc) is 2.33. The molecule has 1 aromatic carbocycles. The molecule has 0 radical (unpaired) electrons. The lowest BCUT2D eigenvalue weighted by molar-refractivity contribution is -0.122. The van der Waals surface area contributed by atoms with Gasteiger partial charge in [0.15, 0.2) is 0 Å². The van der Waals surface area contributed by atoms with Crippen molar-refractivity contribution in [2.75, 3.05) is 18.5 Å². The van der Waals surface area contributed by atoms with Crippen LogP contribution >= 0.6 is 0 Å². The van der Waals surface area contributed by atoms with Gasteiger partial charge in [0.05, 0.1) is 0 Å². The van der Waals surface area contributed by atoms with Crippen molar-refractivity contribution < 1.29 is 9.53 Å². The van der Waals surface area contributed by atoms with Crippen LogP contribution in [0.3, 0.4) is 0 Å². The first kappa shape index (κ1) is 11.1. The van der Waals surface area contributed by atoms with Crippen LogP contribution in [-0.4, -0.2) is 19.1 Å². The lowest BCUT2D eigenvalue weighted by atomic mass is 9.99. The van der Waals surface area contributed by atoms with Crippen molar-refractivity contribution in [1.29, 1.82) is 0 Å². The van der Waals surface area contributed by atoms with Crippen molar-refractivity contribution in [2.24, 2.45) is 5.92 Å². The third kappa shape index (κ3) is 2.61. The van der Waals surface area contributed by atoms with Gasteiger partial charge >= 0.3 is 0 Å². The maximum atomic E-state index is 12.0. The molecular weight excluding hydrogens is 202 g/mol. The van der Waals surface area contributed by atoms with Gasteiger partial charge in [-0.05, 0) is 31.4 Å². The molecule has 86 valence electrons. The number of hydrogen-bond acceptors (Lipinski definition) is 2. The Morgan fingerprint density at radius 2 is 2.00 bits per heavy atom. The minimum absolute atomic E-state index is 0.105. The zero-order valence-electron chi connectivity index (χ0n) is 9.53. The molecule has 1 saturated heterocycles. The van der Waals surface area contributed by atoms with Crippen LogP contribution in [0.4, 0.5) is 5.69 Å². The van der Waals surface area contributed by atoms with E-state index in [9.17, 15) is 4.79 Å². The van der Waals surface area contributed by atoms with Gasteiger partial charge in [0, 0.05) is 24.8 Å². The van der Waals surface area contributed by atoms with E-state index in [0.29, 0.717) is 13.2 Å². The summed E-state index contributed by atoms with van der Waals surface area (Å²) in [6, 6.07) is 7.85. The number of carbonyl (C=O) groups excluding carboxylic acids is 1. The summed E-state index contributed by atoms with van der Waals surface area (Å²) in [5, 5.41) is 2.99. The van der Waals surface area contributed by atoms with Crippen LogP contribution in [0.25, 0.3) is 0 Å². The number of anilines is 1. The highest BCUT2D eigenvalue weighted by Crippen LogP contribution is 2.19. The normalized spacial score (nSPS) is 17.1. The van der Waals surface area contributed by atoms with Crippen molar-refractivity contribution >= 4 is 11.6 Å². The van der Waals surface area contributed by atoms with E-state index < -0.39 is 0 Å². The summed E-state index contributed by atoms with van der Waals surface area (Å²) in [5.41, 5.74) is 2.02. The molecule has 1 heterocycles. The fraction of sp³-hybridized carbons (Fsp3) is 0.462. The Bertz CT molecular complexity index is 370. The Labute approximate surface area is 95.8 Å². The summed E-state index contributed by atoms with van der Waals surface area (Å²) < 4.78 is 5.24. The zero-order chi connectivity index (χ0) is 11.4. The van der Waals surface area contributed by atoms with Crippen LogP contribution in [0.5, 0.6) is 0 Å². The highest BCUT2D eigenvalue weighted by atomic mass is 16.5. The number of aryl methyl sites for hydroxylation is 1. The van der Waals surface area contributed by atoms with Gasteiger partial charge in [-0.1, -0.05) is 18.2 Å². The summed E-state index contributed by atoms with van der Waals surface area (Å²) in [6.07, 6.45) is 1.66. The molecule has 2 rings (SSSR count). The molecular formula is C13H17NO2. The molecule has 0 unspecified atom stereocenters.